The van der Waals surface area contributed by atoms with Gasteiger partial charge in [-0.3, -0.25) is 0 Å². The van der Waals surface area contributed by atoms with E-state index < -0.39 is 17.7 Å². The van der Waals surface area contributed by atoms with Crippen LogP contribution in [0.1, 0.15) is 15.9 Å². The van der Waals surface area contributed by atoms with Crippen molar-refractivity contribution in [2.45, 2.75) is 6.18 Å². The Bertz CT molecular complexity index is 459. The molecule has 19 heavy (non-hydrogen) atoms. The molecule has 4 nitrogen and oxygen atoms in total. The highest BCUT2D eigenvalue weighted by atomic mass is 19.4. The van der Waals surface area contributed by atoms with Crippen LogP contribution in [0.4, 0.5) is 18.9 Å². The maximum atomic E-state index is 12.5. The fourth-order valence-electron chi connectivity index (χ4n) is 1.47. The van der Waals surface area contributed by atoms with Gasteiger partial charge in [-0.05, 0) is 32.3 Å². The average molecular weight is 276 g/mol. The van der Waals surface area contributed by atoms with Crippen LogP contribution in [0.3, 0.4) is 0 Å². The molecule has 0 heterocycles. The third-order valence-corrected chi connectivity index (χ3v) is 2.45. The number of carboxylic acids is 1. The summed E-state index contributed by atoms with van der Waals surface area (Å²) in [6.07, 6.45) is -4.55. The van der Waals surface area contributed by atoms with E-state index in [0.29, 0.717) is 19.2 Å². The quantitative estimate of drug-likeness (QED) is 0.867. The van der Waals surface area contributed by atoms with E-state index in [0.717, 1.165) is 12.1 Å². The number of hydrogen-bond acceptors (Lipinski definition) is 3. The molecule has 0 radical (unpaired) electrons. The molecule has 0 amide bonds. The molecule has 0 saturated heterocycles. The van der Waals surface area contributed by atoms with E-state index in [2.05, 4.69) is 5.32 Å². The first-order valence-electron chi connectivity index (χ1n) is 5.55. The van der Waals surface area contributed by atoms with Crippen LogP contribution in [0.2, 0.25) is 0 Å². The number of likely N-dealkylation sites (N-methyl/N-ethyl adjacent to an activating group) is 1. The largest absolute Gasteiger partial charge is 0.478 e. The summed E-state index contributed by atoms with van der Waals surface area (Å²) in [5, 5.41) is 11.8. The highest BCUT2D eigenvalue weighted by molar-refractivity contribution is 5.94. The van der Waals surface area contributed by atoms with Crippen molar-refractivity contribution in [3.05, 3.63) is 29.3 Å². The summed E-state index contributed by atoms with van der Waals surface area (Å²) >= 11 is 0. The van der Waals surface area contributed by atoms with Crippen molar-refractivity contribution in [3.63, 3.8) is 0 Å². The van der Waals surface area contributed by atoms with E-state index in [1.807, 2.05) is 19.0 Å². The zero-order chi connectivity index (χ0) is 14.6. The number of carbonyl (C=O) groups is 1. The standard InChI is InChI=1S/C12H15F3N2O2/c1-17(2)6-5-16-10-4-3-8(12(13,14)15)7-9(10)11(18)19/h3-4,7,16H,5-6H2,1-2H3,(H,18,19). The molecule has 0 aliphatic carbocycles. The van der Waals surface area contributed by atoms with Gasteiger partial charge in [-0.1, -0.05) is 0 Å². The summed E-state index contributed by atoms with van der Waals surface area (Å²) in [5.74, 6) is -1.39. The fourth-order valence-corrected chi connectivity index (χ4v) is 1.47. The second-order valence-electron chi connectivity index (χ2n) is 4.29. The predicted molar refractivity (Wildman–Crippen MR) is 65.4 cm³/mol. The minimum Gasteiger partial charge on any atom is -0.478 e. The van der Waals surface area contributed by atoms with Gasteiger partial charge in [0.05, 0.1) is 11.1 Å². The Morgan fingerprint density at radius 1 is 1.37 bits per heavy atom. The number of carboxylic acid groups (broad SMARTS) is 1. The Balaban J connectivity index is 2.96. The van der Waals surface area contributed by atoms with Crippen molar-refractivity contribution in [3.8, 4) is 0 Å². The second-order valence-corrected chi connectivity index (χ2v) is 4.29. The summed E-state index contributed by atoms with van der Waals surface area (Å²) in [6, 6.07) is 2.65. The summed E-state index contributed by atoms with van der Waals surface area (Å²) < 4.78 is 37.5. The van der Waals surface area contributed by atoms with Crippen LogP contribution >= 0.6 is 0 Å². The van der Waals surface area contributed by atoms with E-state index in [4.69, 9.17) is 5.11 Å². The third kappa shape index (κ3) is 4.44. The van der Waals surface area contributed by atoms with E-state index in [1.54, 1.807) is 0 Å². The predicted octanol–water partition coefficient (Wildman–Crippen LogP) is 2.38. The van der Waals surface area contributed by atoms with Gasteiger partial charge in [0.1, 0.15) is 0 Å². The molecule has 1 aromatic rings. The molecule has 1 rings (SSSR count). The van der Waals surface area contributed by atoms with Gasteiger partial charge in [-0.2, -0.15) is 13.2 Å². The molecule has 2 N–H and O–H groups in total. The molecule has 0 aliphatic rings. The first-order valence-corrected chi connectivity index (χ1v) is 5.55. The first kappa shape index (κ1) is 15.3. The Morgan fingerprint density at radius 2 is 2.00 bits per heavy atom. The van der Waals surface area contributed by atoms with Crippen LogP contribution in [-0.2, 0) is 6.18 Å². The molecule has 0 atom stereocenters. The minimum absolute atomic E-state index is 0.183. The highest BCUT2D eigenvalue weighted by Gasteiger charge is 2.31. The summed E-state index contributed by atoms with van der Waals surface area (Å²) in [7, 11) is 3.68. The van der Waals surface area contributed by atoms with E-state index >= 15 is 0 Å². The van der Waals surface area contributed by atoms with Crippen molar-refractivity contribution < 1.29 is 23.1 Å². The molecular formula is C12H15F3N2O2. The van der Waals surface area contributed by atoms with Crippen molar-refractivity contribution in [2.24, 2.45) is 0 Å². The van der Waals surface area contributed by atoms with Gasteiger partial charge >= 0.3 is 12.1 Å². The number of anilines is 1. The zero-order valence-corrected chi connectivity index (χ0v) is 10.6. The number of rotatable bonds is 5. The molecule has 0 saturated carbocycles. The number of nitrogens with one attached hydrogen (secondary N) is 1. The van der Waals surface area contributed by atoms with Gasteiger partial charge in [-0.15, -0.1) is 0 Å². The van der Waals surface area contributed by atoms with E-state index in [9.17, 15) is 18.0 Å². The Kier molecular flexibility index (Phi) is 4.77. The zero-order valence-electron chi connectivity index (χ0n) is 10.6. The molecular weight excluding hydrogens is 261 g/mol. The Morgan fingerprint density at radius 3 is 2.47 bits per heavy atom. The third-order valence-electron chi connectivity index (χ3n) is 2.45. The van der Waals surface area contributed by atoms with Crippen LogP contribution in [0.5, 0.6) is 0 Å². The molecule has 0 bridgehead atoms. The van der Waals surface area contributed by atoms with Gasteiger partial charge < -0.3 is 15.3 Å². The normalized spacial score (nSPS) is 11.7. The van der Waals surface area contributed by atoms with Gasteiger partial charge in [0.25, 0.3) is 0 Å². The number of halogens is 3. The number of nitrogens with zero attached hydrogens (tertiary/aromatic N) is 1. The smallest absolute Gasteiger partial charge is 0.416 e. The first-order chi connectivity index (χ1) is 8.71. The lowest BCUT2D eigenvalue weighted by atomic mass is 10.1. The maximum absolute atomic E-state index is 12.5. The Labute approximate surface area is 108 Å². The lowest BCUT2D eigenvalue weighted by Gasteiger charge is -2.14. The van der Waals surface area contributed by atoms with E-state index in [1.165, 1.54) is 0 Å². The number of aromatic carboxylic acids is 1. The topological polar surface area (TPSA) is 52.6 Å². The second kappa shape index (κ2) is 5.92. The lowest BCUT2D eigenvalue weighted by Crippen LogP contribution is -2.21. The number of hydrogen-bond donors (Lipinski definition) is 2. The molecule has 0 aromatic heterocycles. The average Bonchev–Trinajstić information content (AvgIpc) is 2.27. The van der Waals surface area contributed by atoms with Crippen LogP contribution in [0.15, 0.2) is 18.2 Å². The molecule has 7 heteroatoms. The molecule has 106 valence electrons. The highest BCUT2D eigenvalue weighted by Crippen LogP contribution is 2.31. The van der Waals surface area contributed by atoms with Crippen molar-refractivity contribution in [1.29, 1.82) is 0 Å². The molecule has 0 spiro atoms. The monoisotopic (exact) mass is 276 g/mol. The number of alkyl halides is 3. The molecule has 0 unspecified atom stereocenters. The maximum Gasteiger partial charge on any atom is 0.416 e. The number of benzene rings is 1. The lowest BCUT2D eigenvalue weighted by molar-refractivity contribution is -0.137. The molecule has 0 aliphatic heterocycles. The van der Waals surface area contributed by atoms with Gasteiger partial charge in [0.15, 0.2) is 0 Å². The van der Waals surface area contributed by atoms with Crippen molar-refractivity contribution in [2.75, 3.05) is 32.5 Å². The minimum atomic E-state index is -4.55. The SMILES string of the molecule is CN(C)CCNc1ccc(C(F)(F)F)cc1C(=O)O. The van der Waals surface area contributed by atoms with E-state index in [-0.39, 0.29) is 11.3 Å². The summed E-state index contributed by atoms with van der Waals surface area (Å²) in [6.45, 7) is 1.08. The molecule has 0 fully saturated rings. The fraction of sp³-hybridized carbons (Fsp3) is 0.417. The Hall–Kier alpha value is -1.76. The summed E-state index contributed by atoms with van der Waals surface area (Å²) in [4.78, 5) is 12.9. The molecule has 1 aromatic carbocycles. The van der Waals surface area contributed by atoms with Crippen LogP contribution in [0.25, 0.3) is 0 Å². The summed E-state index contributed by atoms with van der Waals surface area (Å²) in [5.41, 5.74) is -1.17. The van der Waals surface area contributed by atoms with Gasteiger partial charge in [0.2, 0.25) is 0 Å². The van der Waals surface area contributed by atoms with Crippen LogP contribution in [0, 0.1) is 0 Å². The van der Waals surface area contributed by atoms with Gasteiger partial charge in [0, 0.05) is 18.8 Å². The van der Waals surface area contributed by atoms with Crippen molar-refractivity contribution >= 4 is 11.7 Å². The van der Waals surface area contributed by atoms with Crippen molar-refractivity contribution in [1.82, 2.24) is 4.90 Å². The van der Waals surface area contributed by atoms with Gasteiger partial charge in [-0.25, -0.2) is 4.79 Å². The van der Waals surface area contributed by atoms with Crippen LogP contribution in [-0.4, -0.2) is 43.2 Å². The van der Waals surface area contributed by atoms with Crippen LogP contribution < -0.4 is 5.32 Å².